The molecule has 2 aromatic heterocycles. The molecule has 13 heteroatoms. The number of thiazole rings is 1. The van der Waals surface area contributed by atoms with Gasteiger partial charge in [-0.3, -0.25) is 0 Å². The largest absolute Gasteiger partial charge is 0.480 e. The molecule has 6 nitrogen and oxygen atoms in total. The van der Waals surface area contributed by atoms with Crippen LogP contribution in [0.25, 0.3) is 17.3 Å². The number of halogens is 6. The number of oxime groups is 1. The van der Waals surface area contributed by atoms with Gasteiger partial charge in [0, 0.05) is 23.3 Å². The smallest absolute Gasteiger partial charge is 0.434 e. The minimum Gasteiger partial charge on any atom is -0.480 e. The van der Waals surface area contributed by atoms with E-state index in [2.05, 4.69) is 15.2 Å². The molecule has 0 saturated carbocycles. The summed E-state index contributed by atoms with van der Waals surface area (Å²) in [5.74, 6) is -1.18. The van der Waals surface area contributed by atoms with Crippen LogP contribution in [0.4, 0.5) is 22.0 Å². The number of aromatic nitrogens is 3. The molecule has 0 radical (unpaired) electrons. The Balaban J connectivity index is 1.98. The van der Waals surface area contributed by atoms with Crippen molar-refractivity contribution in [2.45, 2.75) is 12.6 Å². The summed E-state index contributed by atoms with van der Waals surface area (Å²) in [6, 6.07) is 3.91. The minimum atomic E-state index is -4.87. The lowest BCUT2D eigenvalue weighted by Gasteiger charge is -2.15. The SMILES string of the molecule is CO/N=C(\C(=C\c1cnn(C2=CC=CC(F)=CC2)c1C(F)(F)F)c1nc(OC)cs1)c1c(F)cccc1Cl. The van der Waals surface area contributed by atoms with Gasteiger partial charge in [0.15, 0.2) is 5.69 Å². The summed E-state index contributed by atoms with van der Waals surface area (Å²) >= 11 is 7.30. The fourth-order valence-corrected chi connectivity index (χ4v) is 4.66. The van der Waals surface area contributed by atoms with Gasteiger partial charge < -0.3 is 9.57 Å². The highest BCUT2D eigenvalue weighted by Crippen LogP contribution is 2.38. The number of rotatable bonds is 7. The summed E-state index contributed by atoms with van der Waals surface area (Å²) in [5.41, 5.74) is -1.86. The molecule has 0 amide bonds. The number of methoxy groups -OCH3 is 1. The molecule has 0 spiro atoms. The molecule has 0 atom stereocenters. The van der Waals surface area contributed by atoms with Gasteiger partial charge in [-0.15, -0.1) is 11.3 Å². The van der Waals surface area contributed by atoms with Crippen molar-refractivity contribution in [2.75, 3.05) is 14.2 Å². The first-order valence-electron chi connectivity index (χ1n) is 10.8. The number of hydrogen-bond donors (Lipinski definition) is 0. The van der Waals surface area contributed by atoms with Crippen LogP contribution in [-0.2, 0) is 11.0 Å². The van der Waals surface area contributed by atoms with E-state index in [0.717, 1.165) is 41.8 Å². The summed E-state index contributed by atoms with van der Waals surface area (Å²) in [5, 5.41) is 9.47. The molecule has 4 rings (SSSR count). The van der Waals surface area contributed by atoms with E-state index in [-0.39, 0.29) is 50.4 Å². The Bertz CT molecular complexity index is 1480. The summed E-state index contributed by atoms with van der Waals surface area (Å²) in [7, 11) is 2.57. The van der Waals surface area contributed by atoms with Crippen LogP contribution < -0.4 is 4.74 Å². The molecular formula is C25H18ClF5N4O2S. The summed E-state index contributed by atoms with van der Waals surface area (Å²) in [6.07, 6.45) is 2.01. The van der Waals surface area contributed by atoms with E-state index in [9.17, 15) is 22.0 Å². The lowest BCUT2D eigenvalue weighted by Crippen LogP contribution is -2.16. The highest BCUT2D eigenvalue weighted by molar-refractivity contribution is 7.11. The van der Waals surface area contributed by atoms with Crippen molar-refractivity contribution >= 4 is 46.0 Å². The summed E-state index contributed by atoms with van der Waals surface area (Å²) in [4.78, 5) is 9.20. The molecule has 0 unspecified atom stereocenters. The number of allylic oxidation sites excluding steroid dienone is 7. The zero-order valence-corrected chi connectivity index (χ0v) is 21.3. The molecule has 2 heterocycles. The Morgan fingerprint density at radius 3 is 2.68 bits per heavy atom. The van der Waals surface area contributed by atoms with Crippen LogP contribution in [-0.4, -0.2) is 34.7 Å². The van der Waals surface area contributed by atoms with E-state index in [0.29, 0.717) is 4.68 Å². The highest BCUT2D eigenvalue weighted by atomic mass is 35.5. The number of benzene rings is 1. The van der Waals surface area contributed by atoms with E-state index >= 15 is 0 Å². The summed E-state index contributed by atoms with van der Waals surface area (Å²) < 4.78 is 77.6. The van der Waals surface area contributed by atoms with Gasteiger partial charge in [-0.1, -0.05) is 28.9 Å². The number of alkyl halides is 3. The molecule has 1 aromatic carbocycles. The second kappa shape index (κ2) is 11.3. The molecule has 1 aliphatic carbocycles. The average Bonchev–Trinajstić information content (AvgIpc) is 3.45. The van der Waals surface area contributed by atoms with E-state index in [4.69, 9.17) is 21.2 Å². The quantitative estimate of drug-likeness (QED) is 0.169. The molecule has 0 saturated heterocycles. The zero-order valence-electron chi connectivity index (χ0n) is 19.8. The van der Waals surface area contributed by atoms with Gasteiger partial charge >= 0.3 is 6.18 Å². The molecule has 38 heavy (non-hydrogen) atoms. The van der Waals surface area contributed by atoms with Crippen molar-refractivity contribution < 1.29 is 31.5 Å². The van der Waals surface area contributed by atoms with Crippen LogP contribution in [0, 0.1) is 5.82 Å². The molecule has 0 N–H and O–H groups in total. The second-order valence-electron chi connectivity index (χ2n) is 7.64. The lowest BCUT2D eigenvalue weighted by atomic mass is 9.99. The van der Waals surface area contributed by atoms with E-state index < -0.39 is 23.5 Å². The van der Waals surface area contributed by atoms with Crippen molar-refractivity contribution in [2.24, 2.45) is 5.16 Å². The van der Waals surface area contributed by atoms with Crippen molar-refractivity contribution in [3.8, 4) is 5.88 Å². The van der Waals surface area contributed by atoms with Crippen LogP contribution in [0.3, 0.4) is 0 Å². The topological polar surface area (TPSA) is 61.5 Å². The van der Waals surface area contributed by atoms with Crippen LogP contribution in [0.5, 0.6) is 5.88 Å². The third kappa shape index (κ3) is 5.70. The maximum absolute atomic E-state index is 15.0. The molecule has 0 fully saturated rings. The van der Waals surface area contributed by atoms with Crippen LogP contribution in [0.2, 0.25) is 5.02 Å². The van der Waals surface area contributed by atoms with Gasteiger partial charge in [-0.25, -0.2) is 18.4 Å². The van der Waals surface area contributed by atoms with Gasteiger partial charge in [0.1, 0.15) is 29.5 Å². The normalized spacial score (nSPS) is 14.7. The number of ether oxygens (including phenoxy) is 1. The zero-order chi connectivity index (χ0) is 27.4. The van der Waals surface area contributed by atoms with Crippen molar-refractivity contribution in [3.05, 3.63) is 92.6 Å². The van der Waals surface area contributed by atoms with Crippen molar-refractivity contribution in [3.63, 3.8) is 0 Å². The fourth-order valence-electron chi connectivity index (χ4n) is 3.62. The predicted molar refractivity (Wildman–Crippen MR) is 136 cm³/mol. The molecular weight excluding hydrogens is 551 g/mol. The third-order valence-electron chi connectivity index (χ3n) is 5.25. The van der Waals surface area contributed by atoms with Gasteiger partial charge in [-0.2, -0.15) is 18.3 Å². The van der Waals surface area contributed by atoms with Gasteiger partial charge in [-0.05, 0) is 36.4 Å². The molecule has 198 valence electrons. The van der Waals surface area contributed by atoms with Crippen LogP contribution >= 0.6 is 22.9 Å². The Morgan fingerprint density at radius 1 is 1.24 bits per heavy atom. The Labute approximate surface area is 222 Å². The molecule has 3 aromatic rings. The van der Waals surface area contributed by atoms with Gasteiger partial charge in [0.25, 0.3) is 0 Å². The summed E-state index contributed by atoms with van der Waals surface area (Å²) in [6.45, 7) is 0. The third-order valence-corrected chi connectivity index (χ3v) is 6.42. The van der Waals surface area contributed by atoms with Crippen molar-refractivity contribution in [1.29, 1.82) is 0 Å². The fraction of sp³-hybridized carbons (Fsp3) is 0.160. The monoisotopic (exact) mass is 568 g/mol. The number of nitrogens with zero attached hydrogens (tertiary/aromatic N) is 4. The first-order chi connectivity index (χ1) is 18.1. The second-order valence-corrected chi connectivity index (χ2v) is 8.91. The first kappa shape index (κ1) is 27.3. The van der Waals surface area contributed by atoms with E-state index in [1.54, 1.807) is 0 Å². The van der Waals surface area contributed by atoms with Crippen LogP contribution in [0.1, 0.15) is 28.2 Å². The number of hydrogen-bond acceptors (Lipinski definition) is 6. The van der Waals surface area contributed by atoms with E-state index in [1.165, 1.54) is 43.9 Å². The first-order valence-corrected chi connectivity index (χ1v) is 12.1. The lowest BCUT2D eigenvalue weighted by molar-refractivity contribution is -0.142. The molecule has 1 aliphatic rings. The van der Waals surface area contributed by atoms with Gasteiger partial charge in [0.05, 0.1) is 29.3 Å². The molecule has 0 bridgehead atoms. The molecule has 0 aliphatic heterocycles. The maximum Gasteiger partial charge on any atom is 0.434 e. The Morgan fingerprint density at radius 2 is 2.03 bits per heavy atom. The maximum atomic E-state index is 15.0. The highest BCUT2D eigenvalue weighted by Gasteiger charge is 2.39. The Hall–Kier alpha value is -3.77. The predicted octanol–water partition coefficient (Wildman–Crippen LogP) is 7.41. The Kier molecular flexibility index (Phi) is 8.12. The average molecular weight is 569 g/mol. The van der Waals surface area contributed by atoms with Crippen LogP contribution in [0.15, 0.2) is 65.1 Å². The minimum absolute atomic E-state index is 0.0297. The standard InChI is InChI=1S/C25H18ClF5N4O2S/c1-36-20-13-38-24(33-20)17(22(34-37-2)21-18(26)7-4-8-19(21)28)11-14-12-32-35(23(14)25(29,30)31)16-6-3-5-15(27)9-10-16/h3-9,11-13H,10H2,1-2H3/b17-11-,34-22+. The van der Waals surface area contributed by atoms with E-state index in [1.807, 2.05) is 0 Å². The van der Waals surface area contributed by atoms with Crippen molar-refractivity contribution in [1.82, 2.24) is 14.8 Å². The van der Waals surface area contributed by atoms with Gasteiger partial charge in [0.2, 0.25) is 5.88 Å².